The van der Waals surface area contributed by atoms with Crippen LogP contribution >= 0.6 is 0 Å². The average Bonchev–Trinajstić information content (AvgIpc) is 3.35. The van der Waals surface area contributed by atoms with E-state index in [-0.39, 0.29) is 31.4 Å². The molecule has 0 saturated carbocycles. The van der Waals surface area contributed by atoms with Crippen LogP contribution in [0, 0.1) is 5.82 Å². The van der Waals surface area contributed by atoms with E-state index in [9.17, 15) is 53.8 Å². The van der Waals surface area contributed by atoms with Gasteiger partial charge in [0, 0.05) is 13.1 Å². The van der Waals surface area contributed by atoms with E-state index in [1.165, 1.54) is 0 Å². The first-order valence-electron chi connectivity index (χ1n) is 12.0. The van der Waals surface area contributed by atoms with Crippen LogP contribution < -0.4 is 5.73 Å². The predicted molar refractivity (Wildman–Crippen MR) is 122 cm³/mol. The number of aliphatic hydroxyl groups is 1. The molecule has 2 aromatic heterocycles. The third-order valence-electron chi connectivity index (χ3n) is 6.42. The number of fused-ring (bicyclic) bond motifs is 5. The van der Waals surface area contributed by atoms with Crippen molar-refractivity contribution in [1.82, 2.24) is 20.1 Å². The quantitative estimate of drug-likeness (QED) is 0.347. The fourth-order valence-electron chi connectivity index (χ4n) is 4.32. The van der Waals surface area contributed by atoms with Crippen LogP contribution in [0.1, 0.15) is 58.8 Å². The van der Waals surface area contributed by atoms with Crippen LogP contribution in [0.25, 0.3) is 11.6 Å². The van der Waals surface area contributed by atoms with Gasteiger partial charge >= 0.3 is 18.5 Å². The summed E-state index contributed by atoms with van der Waals surface area (Å²) in [5, 5.41) is 17.0. The van der Waals surface area contributed by atoms with Crippen molar-refractivity contribution in [2.45, 2.75) is 56.4 Å². The molecule has 8 nitrogen and oxygen atoms in total. The zero-order valence-electron chi connectivity index (χ0n) is 21.0. The molecule has 1 aliphatic rings. The van der Waals surface area contributed by atoms with Crippen molar-refractivity contribution in [1.29, 1.82) is 0 Å². The number of alkyl halides is 9. The molecule has 1 amide bonds. The highest BCUT2D eigenvalue weighted by Crippen LogP contribution is 2.44. The molecule has 0 radical (unpaired) electrons. The third-order valence-corrected chi connectivity index (χ3v) is 6.42. The highest BCUT2D eigenvalue weighted by atomic mass is 19.4. The third kappa shape index (κ3) is 6.12. The number of halogens is 10. The maximum atomic E-state index is 14.0. The van der Waals surface area contributed by atoms with E-state index in [0.717, 1.165) is 0 Å². The number of pyridine rings is 1. The number of rotatable bonds is 2. The number of hydrogen-bond acceptors (Lipinski definition) is 7. The first kappa shape index (κ1) is 31.0. The highest BCUT2D eigenvalue weighted by Gasteiger charge is 2.58. The molecule has 4 bridgehead atoms. The molecule has 42 heavy (non-hydrogen) atoms. The number of nitrogen functional groups attached to an aromatic ring is 1. The summed E-state index contributed by atoms with van der Waals surface area (Å²) in [5.74, 6) is -5.07. The van der Waals surface area contributed by atoms with E-state index in [1.807, 2.05) is 0 Å². The molecular formula is C24H19F10N5O3. The van der Waals surface area contributed by atoms with E-state index in [4.69, 9.17) is 10.2 Å². The minimum Gasteiger partial charge on any atom is -0.416 e. The Labute approximate surface area is 229 Å². The topological polar surface area (TPSA) is 118 Å². The van der Waals surface area contributed by atoms with Crippen LogP contribution in [0.5, 0.6) is 0 Å². The van der Waals surface area contributed by atoms with Gasteiger partial charge in [0.15, 0.2) is 5.69 Å². The molecule has 0 saturated heterocycles. The summed E-state index contributed by atoms with van der Waals surface area (Å²) >= 11 is 0. The molecule has 228 valence electrons. The fraction of sp³-hybridized carbons (Fsp3) is 0.417. The molecule has 1 aliphatic heterocycles. The zero-order chi connectivity index (χ0) is 31.3. The van der Waals surface area contributed by atoms with E-state index < -0.39 is 101 Å². The lowest BCUT2D eigenvalue weighted by Crippen LogP contribution is -2.42. The predicted octanol–water partition coefficient (Wildman–Crippen LogP) is 5.86. The van der Waals surface area contributed by atoms with Gasteiger partial charge in [0.25, 0.3) is 17.7 Å². The van der Waals surface area contributed by atoms with Gasteiger partial charge in [-0.3, -0.25) is 4.79 Å². The first-order valence-corrected chi connectivity index (χ1v) is 12.0. The molecule has 1 aromatic carbocycles. The Morgan fingerprint density at radius 2 is 1.62 bits per heavy atom. The van der Waals surface area contributed by atoms with Gasteiger partial charge in [-0.1, -0.05) is 6.42 Å². The van der Waals surface area contributed by atoms with Gasteiger partial charge < -0.3 is 20.2 Å². The molecule has 1 atom stereocenters. The van der Waals surface area contributed by atoms with Crippen LogP contribution in [0.3, 0.4) is 0 Å². The van der Waals surface area contributed by atoms with E-state index in [1.54, 1.807) is 0 Å². The number of benzene rings is 1. The van der Waals surface area contributed by atoms with Gasteiger partial charge in [-0.25, -0.2) is 9.37 Å². The molecule has 3 N–H and O–H groups in total. The molecule has 3 aromatic rings. The second-order valence-electron chi connectivity index (χ2n) is 9.47. The molecule has 3 heterocycles. The van der Waals surface area contributed by atoms with Crippen molar-refractivity contribution >= 4 is 11.6 Å². The number of carbonyl (C=O) groups excluding carboxylic acids is 1. The fourth-order valence-corrected chi connectivity index (χ4v) is 4.32. The van der Waals surface area contributed by atoms with Gasteiger partial charge in [0.05, 0.1) is 16.8 Å². The summed E-state index contributed by atoms with van der Waals surface area (Å²) in [6.07, 6.45) is -17.3. The van der Waals surface area contributed by atoms with Crippen LogP contribution in [0.2, 0.25) is 0 Å². The normalized spacial score (nSPS) is 19.1. The summed E-state index contributed by atoms with van der Waals surface area (Å²) in [6, 6.07) is 1.58. The van der Waals surface area contributed by atoms with Gasteiger partial charge in [-0.2, -0.15) is 39.5 Å². The molecule has 18 heteroatoms. The summed E-state index contributed by atoms with van der Waals surface area (Å²) in [5.41, 5.74) is -4.52. The number of aromatic nitrogens is 3. The molecule has 4 rings (SSSR count). The Morgan fingerprint density at radius 3 is 2.24 bits per heavy atom. The van der Waals surface area contributed by atoms with E-state index in [2.05, 4.69) is 15.2 Å². The smallest absolute Gasteiger partial charge is 0.416 e. The number of carbonyl (C=O) groups is 1. The number of nitrogens with zero attached hydrogens (tertiary/aromatic N) is 4. The Hall–Kier alpha value is -3.96. The van der Waals surface area contributed by atoms with Crippen molar-refractivity contribution in [2.75, 3.05) is 12.3 Å². The summed E-state index contributed by atoms with van der Waals surface area (Å²) < 4.78 is 142. The minimum atomic E-state index is -5.33. The lowest BCUT2D eigenvalue weighted by molar-refractivity contribution is -0.277. The van der Waals surface area contributed by atoms with Gasteiger partial charge in [0.1, 0.15) is 11.5 Å². The maximum Gasteiger partial charge on any atom is 0.426 e. The molecule has 0 spiro atoms. The number of hydrogen-bond donors (Lipinski definition) is 2. The minimum absolute atomic E-state index is 0.146. The average molecular weight is 615 g/mol. The SMILES string of the molecule is Nc1cc(C(F)(F)F)c2nc1-c1nnc(o1)[C@@](O)(C(F)(F)F)CCCCCN(Cc1cc(F)cc(C(F)(F)F)c1)C2=O. The molecule has 0 fully saturated rings. The lowest BCUT2D eigenvalue weighted by Gasteiger charge is -2.28. The number of amides is 1. The van der Waals surface area contributed by atoms with Crippen molar-refractivity contribution in [3.05, 3.63) is 58.4 Å². The van der Waals surface area contributed by atoms with E-state index in [0.29, 0.717) is 17.0 Å². The second kappa shape index (κ2) is 10.7. The van der Waals surface area contributed by atoms with Gasteiger partial charge in [0.2, 0.25) is 5.60 Å². The number of anilines is 1. The van der Waals surface area contributed by atoms with Gasteiger partial charge in [-0.15, -0.1) is 10.2 Å². The highest BCUT2D eigenvalue weighted by molar-refractivity contribution is 5.95. The zero-order valence-corrected chi connectivity index (χ0v) is 21.0. The van der Waals surface area contributed by atoms with Crippen LogP contribution in [0.15, 0.2) is 28.7 Å². The Bertz CT molecular complexity index is 1480. The van der Waals surface area contributed by atoms with Crippen molar-refractivity contribution in [3.8, 4) is 11.6 Å². The van der Waals surface area contributed by atoms with Crippen LogP contribution in [-0.4, -0.2) is 43.8 Å². The monoisotopic (exact) mass is 615 g/mol. The molecule has 0 aliphatic carbocycles. The largest absolute Gasteiger partial charge is 0.426 e. The molecule has 0 unspecified atom stereocenters. The Kier molecular flexibility index (Phi) is 7.90. The van der Waals surface area contributed by atoms with Crippen molar-refractivity contribution in [3.63, 3.8) is 0 Å². The second-order valence-corrected chi connectivity index (χ2v) is 9.47. The Balaban J connectivity index is 1.87. The summed E-state index contributed by atoms with van der Waals surface area (Å²) in [4.78, 5) is 17.7. The first-order chi connectivity index (χ1) is 19.3. The van der Waals surface area contributed by atoms with Crippen molar-refractivity contribution in [2.24, 2.45) is 0 Å². The van der Waals surface area contributed by atoms with Gasteiger partial charge in [-0.05, 0) is 49.1 Å². The van der Waals surface area contributed by atoms with Crippen LogP contribution in [-0.2, 0) is 24.5 Å². The summed E-state index contributed by atoms with van der Waals surface area (Å²) in [7, 11) is 0. The van der Waals surface area contributed by atoms with Crippen LogP contribution in [0.4, 0.5) is 49.6 Å². The van der Waals surface area contributed by atoms with Crippen molar-refractivity contribution < 1.29 is 58.2 Å². The van der Waals surface area contributed by atoms with E-state index >= 15 is 0 Å². The lowest BCUT2D eigenvalue weighted by atomic mass is 9.95. The molecular weight excluding hydrogens is 596 g/mol. The Morgan fingerprint density at radius 1 is 0.929 bits per heavy atom. The summed E-state index contributed by atoms with van der Waals surface area (Å²) in [6.45, 7) is -1.31. The number of nitrogens with two attached hydrogens (primary N) is 1. The maximum absolute atomic E-state index is 14.0. The standard InChI is InChI=1S/C24H19F10N5O3/c25-13-7-11(6-12(8-13)22(26,27)28)10-39-5-3-1-2-4-21(41,24(32,33)34)20-38-37-18(42-20)17-15(35)9-14(23(29,30)31)16(36-17)19(39)40/h6-9,41H,1-5,10,35H2/t21-/m1/s1.